The van der Waals surface area contributed by atoms with E-state index in [1.807, 2.05) is 57.2 Å². The maximum absolute atomic E-state index is 13.0. The molecule has 4 aromatic rings. The number of carbonyl (C=O) groups excluding carboxylic acids is 2. The average molecular weight is 608 g/mol. The molecular formula is C32H32F3N5O4. The van der Waals surface area contributed by atoms with Gasteiger partial charge in [-0.05, 0) is 63.4 Å². The molecule has 2 aromatic heterocycles. The van der Waals surface area contributed by atoms with Gasteiger partial charge in [0.05, 0.1) is 30.1 Å². The number of ether oxygens (including phenoxy) is 2. The molecule has 5 rings (SSSR count). The van der Waals surface area contributed by atoms with Crippen molar-refractivity contribution < 1.29 is 32.2 Å². The van der Waals surface area contributed by atoms with Gasteiger partial charge in [0, 0.05) is 17.8 Å². The first-order chi connectivity index (χ1) is 20.8. The highest BCUT2D eigenvalue weighted by atomic mass is 19.4. The van der Waals surface area contributed by atoms with Crippen molar-refractivity contribution in [3.05, 3.63) is 89.8 Å². The van der Waals surface area contributed by atoms with Crippen LogP contribution in [0.5, 0.6) is 0 Å². The van der Waals surface area contributed by atoms with Crippen LogP contribution in [0.4, 0.5) is 18.0 Å². The normalized spacial score (nSPS) is 15.3. The van der Waals surface area contributed by atoms with Crippen molar-refractivity contribution in [2.75, 3.05) is 13.2 Å². The minimum Gasteiger partial charge on any atom is -0.461 e. The number of carbonyl (C=O) groups is 2. The third-order valence-electron chi connectivity index (χ3n) is 6.96. The van der Waals surface area contributed by atoms with Gasteiger partial charge in [0.1, 0.15) is 11.3 Å². The standard InChI is InChI=1S/C32H32F3N5O4/c1-5-43-29(41)28-27(40-19-25(37-38-40)21-13-15-23(16-14-21)32(33,34)35)18-24(36-28)20-9-11-22(12-10-20)26-8-6-7-17-39(26)30(42)44-31(2,3)4/h6-7,9-16,18-19,26,36H,5,8,17H2,1-4H3. The maximum Gasteiger partial charge on any atom is 0.416 e. The number of rotatable bonds is 6. The Morgan fingerprint density at radius 3 is 2.32 bits per heavy atom. The van der Waals surface area contributed by atoms with Crippen LogP contribution in [-0.4, -0.2) is 55.7 Å². The number of aromatic amines is 1. The summed E-state index contributed by atoms with van der Waals surface area (Å²) in [6, 6.07) is 13.8. The fraction of sp³-hybridized carbons (Fsp3) is 0.312. The van der Waals surface area contributed by atoms with E-state index in [0.29, 0.717) is 35.6 Å². The van der Waals surface area contributed by atoms with Crippen molar-refractivity contribution in [3.8, 4) is 28.2 Å². The molecule has 0 radical (unpaired) electrons. The second-order valence-electron chi connectivity index (χ2n) is 11.3. The lowest BCUT2D eigenvalue weighted by molar-refractivity contribution is -0.137. The van der Waals surface area contributed by atoms with Crippen LogP contribution in [0.1, 0.15) is 61.8 Å². The number of alkyl halides is 3. The fourth-order valence-corrected chi connectivity index (χ4v) is 4.87. The van der Waals surface area contributed by atoms with Gasteiger partial charge in [-0.3, -0.25) is 4.90 Å². The van der Waals surface area contributed by atoms with E-state index in [2.05, 4.69) is 15.3 Å². The van der Waals surface area contributed by atoms with Gasteiger partial charge in [-0.2, -0.15) is 13.2 Å². The lowest BCUT2D eigenvalue weighted by Gasteiger charge is -2.34. The van der Waals surface area contributed by atoms with Crippen molar-refractivity contribution >= 4 is 12.1 Å². The van der Waals surface area contributed by atoms with Crippen LogP contribution in [0.2, 0.25) is 0 Å². The molecule has 230 valence electrons. The maximum atomic E-state index is 13.0. The minimum absolute atomic E-state index is 0.142. The average Bonchev–Trinajstić information content (AvgIpc) is 3.64. The third-order valence-corrected chi connectivity index (χ3v) is 6.96. The molecule has 1 atom stereocenters. The number of hydrogen-bond donors (Lipinski definition) is 1. The Morgan fingerprint density at radius 2 is 1.68 bits per heavy atom. The minimum atomic E-state index is -4.45. The Labute approximate surface area is 252 Å². The summed E-state index contributed by atoms with van der Waals surface area (Å²) in [7, 11) is 0. The molecule has 44 heavy (non-hydrogen) atoms. The van der Waals surface area contributed by atoms with E-state index in [0.717, 1.165) is 23.3 Å². The molecule has 12 heteroatoms. The molecule has 3 heterocycles. The van der Waals surface area contributed by atoms with E-state index in [-0.39, 0.29) is 24.4 Å². The fourth-order valence-electron chi connectivity index (χ4n) is 4.87. The number of aromatic nitrogens is 4. The van der Waals surface area contributed by atoms with Crippen molar-refractivity contribution in [2.24, 2.45) is 0 Å². The van der Waals surface area contributed by atoms with E-state index < -0.39 is 23.3 Å². The van der Waals surface area contributed by atoms with Crippen LogP contribution in [0.15, 0.2) is 72.9 Å². The number of benzene rings is 2. The first-order valence-corrected chi connectivity index (χ1v) is 14.1. The Kier molecular flexibility index (Phi) is 8.36. The van der Waals surface area contributed by atoms with Crippen LogP contribution >= 0.6 is 0 Å². The van der Waals surface area contributed by atoms with Crippen LogP contribution in [0.3, 0.4) is 0 Å². The van der Waals surface area contributed by atoms with Crippen molar-refractivity contribution in [1.82, 2.24) is 24.9 Å². The Morgan fingerprint density at radius 1 is 1.00 bits per heavy atom. The number of nitrogens with one attached hydrogen (secondary N) is 1. The Hall–Kier alpha value is -4.87. The lowest BCUT2D eigenvalue weighted by atomic mass is 9.98. The molecule has 1 unspecified atom stereocenters. The van der Waals surface area contributed by atoms with Gasteiger partial charge >= 0.3 is 18.2 Å². The first-order valence-electron chi connectivity index (χ1n) is 14.1. The smallest absolute Gasteiger partial charge is 0.416 e. The molecule has 1 aliphatic heterocycles. The summed E-state index contributed by atoms with van der Waals surface area (Å²) in [5.41, 5.74) is 2.19. The predicted octanol–water partition coefficient (Wildman–Crippen LogP) is 7.36. The summed E-state index contributed by atoms with van der Waals surface area (Å²) in [5, 5.41) is 8.24. The highest BCUT2D eigenvalue weighted by molar-refractivity contribution is 5.93. The van der Waals surface area contributed by atoms with E-state index in [4.69, 9.17) is 9.47 Å². The zero-order valence-corrected chi connectivity index (χ0v) is 24.7. The molecule has 0 fully saturated rings. The van der Waals surface area contributed by atoms with Crippen molar-refractivity contribution in [2.45, 2.75) is 51.9 Å². The number of esters is 1. The number of H-pyrrole nitrogens is 1. The van der Waals surface area contributed by atoms with E-state index in [1.54, 1.807) is 17.9 Å². The molecule has 1 aliphatic rings. The molecule has 1 amide bonds. The van der Waals surface area contributed by atoms with Crippen LogP contribution in [-0.2, 0) is 15.7 Å². The number of nitrogens with zero attached hydrogens (tertiary/aromatic N) is 4. The zero-order valence-electron chi connectivity index (χ0n) is 24.7. The van der Waals surface area contributed by atoms with E-state index >= 15 is 0 Å². The molecule has 0 spiro atoms. The van der Waals surface area contributed by atoms with Gasteiger partial charge in [-0.1, -0.05) is 53.8 Å². The summed E-state index contributed by atoms with van der Waals surface area (Å²) in [4.78, 5) is 30.6. The second-order valence-corrected chi connectivity index (χ2v) is 11.3. The Bertz CT molecular complexity index is 1670. The topological polar surface area (TPSA) is 102 Å². The molecule has 0 aliphatic carbocycles. The summed E-state index contributed by atoms with van der Waals surface area (Å²) >= 11 is 0. The Balaban J connectivity index is 1.43. The molecule has 0 saturated carbocycles. The van der Waals surface area contributed by atoms with Gasteiger partial charge in [0.25, 0.3) is 0 Å². The van der Waals surface area contributed by atoms with E-state index in [9.17, 15) is 22.8 Å². The van der Waals surface area contributed by atoms with Gasteiger partial charge in [0.2, 0.25) is 0 Å². The molecule has 0 saturated heterocycles. The largest absolute Gasteiger partial charge is 0.461 e. The van der Waals surface area contributed by atoms with Crippen LogP contribution in [0.25, 0.3) is 28.2 Å². The third kappa shape index (κ3) is 6.69. The highest BCUT2D eigenvalue weighted by Gasteiger charge is 2.31. The summed E-state index contributed by atoms with van der Waals surface area (Å²) in [6.45, 7) is 7.78. The van der Waals surface area contributed by atoms with Gasteiger partial charge in [-0.15, -0.1) is 5.10 Å². The van der Waals surface area contributed by atoms with Crippen LogP contribution in [0, 0.1) is 0 Å². The number of hydrogen-bond acceptors (Lipinski definition) is 6. The molecule has 9 nitrogen and oxygen atoms in total. The molecular weight excluding hydrogens is 575 g/mol. The SMILES string of the molecule is CCOC(=O)c1[nH]c(-c2ccc(C3CC=CCN3C(=O)OC(C)(C)C)cc2)cc1-n1cc(-c2ccc(C(F)(F)F)cc2)nn1. The quantitative estimate of drug-likeness (QED) is 0.182. The highest BCUT2D eigenvalue weighted by Crippen LogP contribution is 2.33. The van der Waals surface area contributed by atoms with Crippen molar-refractivity contribution in [3.63, 3.8) is 0 Å². The predicted molar refractivity (Wildman–Crippen MR) is 157 cm³/mol. The lowest BCUT2D eigenvalue weighted by Crippen LogP contribution is -2.40. The number of amides is 1. The van der Waals surface area contributed by atoms with Crippen molar-refractivity contribution in [1.29, 1.82) is 0 Å². The van der Waals surface area contributed by atoms with Gasteiger partial charge < -0.3 is 14.5 Å². The molecule has 0 bridgehead atoms. The molecule has 1 N–H and O–H groups in total. The monoisotopic (exact) mass is 607 g/mol. The number of halogens is 3. The zero-order chi connectivity index (χ0) is 31.6. The van der Waals surface area contributed by atoms with Gasteiger partial charge in [0.15, 0.2) is 5.69 Å². The van der Waals surface area contributed by atoms with Gasteiger partial charge in [-0.25, -0.2) is 14.3 Å². The second kappa shape index (κ2) is 12.0. The van der Waals surface area contributed by atoms with E-state index in [1.165, 1.54) is 23.0 Å². The summed E-state index contributed by atoms with van der Waals surface area (Å²) in [5.74, 6) is -0.598. The molecule has 2 aromatic carbocycles. The summed E-state index contributed by atoms with van der Waals surface area (Å²) in [6.07, 6.45) is 1.33. The van der Waals surface area contributed by atoms with Crippen LogP contribution < -0.4 is 0 Å². The summed E-state index contributed by atoms with van der Waals surface area (Å²) < 4.78 is 51.2. The first kappa shape index (κ1) is 30.6.